The molecule has 0 atom stereocenters. The van der Waals surface area contributed by atoms with Crippen LogP contribution in [0.25, 0.3) is 0 Å². The molecule has 112 valence electrons. The molecule has 2 saturated heterocycles. The summed E-state index contributed by atoms with van der Waals surface area (Å²) >= 11 is 3.64. The summed E-state index contributed by atoms with van der Waals surface area (Å²) in [5.41, 5.74) is 1.83. The molecule has 0 N–H and O–H groups in total. The number of thiophene rings is 1. The number of likely N-dealkylation sites (tertiary alicyclic amines) is 2. The van der Waals surface area contributed by atoms with E-state index in [0.717, 1.165) is 13.1 Å². The number of nitrogens with zero attached hydrogens (tertiary/aromatic N) is 3. The smallest absolute Gasteiger partial charge is 0.0897 e. The standard InChI is InChI=1S/C16H21N3S2/c1-13-17-14(9-21-13)7-18-5-4-16(10-18)11-19(12-16)8-15-3-2-6-20-15/h2-3,6,9H,4-5,7-8,10-12H2,1H3. The Balaban J connectivity index is 1.29. The van der Waals surface area contributed by atoms with E-state index in [4.69, 9.17) is 0 Å². The van der Waals surface area contributed by atoms with Crippen LogP contribution < -0.4 is 0 Å². The van der Waals surface area contributed by atoms with Crippen molar-refractivity contribution in [3.05, 3.63) is 38.5 Å². The van der Waals surface area contributed by atoms with E-state index in [0.29, 0.717) is 5.41 Å². The highest BCUT2D eigenvalue weighted by atomic mass is 32.1. The van der Waals surface area contributed by atoms with E-state index in [2.05, 4.69) is 44.6 Å². The van der Waals surface area contributed by atoms with E-state index >= 15 is 0 Å². The lowest BCUT2D eigenvalue weighted by Crippen LogP contribution is -2.56. The van der Waals surface area contributed by atoms with Gasteiger partial charge in [0.1, 0.15) is 0 Å². The second-order valence-corrected chi connectivity index (χ2v) is 8.64. The SMILES string of the molecule is Cc1nc(CN2CCC3(C2)CN(Cc2cccs2)C3)cs1. The van der Waals surface area contributed by atoms with Crippen LogP contribution in [0.1, 0.15) is 22.0 Å². The van der Waals surface area contributed by atoms with Gasteiger partial charge in [-0.05, 0) is 31.3 Å². The van der Waals surface area contributed by atoms with Gasteiger partial charge in [-0.1, -0.05) is 6.07 Å². The van der Waals surface area contributed by atoms with Gasteiger partial charge in [0, 0.05) is 48.4 Å². The van der Waals surface area contributed by atoms with E-state index in [1.54, 1.807) is 11.3 Å². The Hall–Kier alpha value is -0.750. The van der Waals surface area contributed by atoms with Crippen molar-refractivity contribution in [2.24, 2.45) is 5.41 Å². The predicted molar refractivity (Wildman–Crippen MR) is 88.8 cm³/mol. The zero-order valence-corrected chi connectivity index (χ0v) is 14.1. The molecule has 0 bridgehead atoms. The molecule has 3 nitrogen and oxygen atoms in total. The average Bonchev–Trinajstić information content (AvgIpc) is 3.12. The highest BCUT2D eigenvalue weighted by Gasteiger charge is 2.47. The Labute approximate surface area is 134 Å². The maximum Gasteiger partial charge on any atom is 0.0897 e. The molecule has 0 aromatic carbocycles. The lowest BCUT2D eigenvalue weighted by atomic mass is 9.79. The minimum Gasteiger partial charge on any atom is -0.297 e. The topological polar surface area (TPSA) is 19.4 Å². The van der Waals surface area contributed by atoms with Crippen molar-refractivity contribution in [1.82, 2.24) is 14.8 Å². The Kier molecular flexibility index (Phi) is 3.61. The average molecular weight is 319 g/mol. The first-order valence-corrected chi connectivity index (χ1v) is 9.35. The zero-order chi connectivity index (χ0) is 14.3. The van der Waals surface area contributed by atoms with Crippen LogP contribution in [-0.4, -0.2) is 41.0 Å². The fraction of sp³-hybridized carbons (Fsp3) is 0.562. The van der Waals surface area contributed by atoms with E-state index in [-0.39, 0.29) is 0 Å². The molecule has 0 unspecified atom stereocenters. The number of thiazole rings is 1. The molecule has 5 heteroatoms. The van der Waals surface area contributed by atoms with Crippen LogP contribution in [0.2, 0.25) is 0 Å². The van der Waals surface area contributed by atoms with E-state index < -0.39 is 0 Å². The summed E-state index contributed by atoms with van der Waals surface area (Å²) in [5.74, 6) is 0. The molecular formula is C16H21N3S2. The van der Waals surface area contributed by atoms with Crippen molar-refractivity contribution in [2.45, 2.75) is 26.4 Å². The quantitative estimate of drug-likeness (QED) is 0.862. The van der Waals surface area contributed by atoms with Crippen molar-refractivity contribution in [2.75, 3.05) is 26.2 Å². The molecule has 2 aliphatic rings. The lowest BCUT2D eigenvalue weighted by molar-refractivity contribution is 0.00226. The molecule has 21 heavy (non-hydrogen) atoms. The molecule has 4 heterocycles. The third-order valence-electron chi connectivity index (χ3n) is 4.65. The fourth-order valence-corrected chi connectivity index (χ4v) is 5.12. The number of hydrogen-bond donors (Lipinski definition) is 0. The molecule has 0 radical (unpaired) electrons. The lowest BCUT2D eigenvalue weighted by Gasteiger charge is -2.48. The summed E-state index contributed by atoms with van der Waals surface area (Å²) in [6.45, 7) is 9.32. The monoisotopic (exact) mass is 319 g/mol. The van der Waals surface area contributed by atoms with E-state index in [9.17, 15) is 0 Å². The largest absolute Gasteiger partial charge is 0.297 e. The summed E-state index contributed by atoms with van der Waals surface area (Å²) in [7, 11) is 0. The third-order valence-corrected chi connectivity index (χ3v) is 6.33. The molecule has 0 aliphatic carbocycles. The second kappa shape index (κ2) is 5.47. The Morgan fingerprint density at radius 2 is 2.05 bits per heavy atom. The van der Waals surface area contributed by atoms with Gasteiger partial charge in [0.25, 0.3) is 0 Å². The van der Waals surface area contributed by atoms with Gasteiger partial charge in [0.2, 0.25) is 0 Å². The van der Waals surface area contributed by atoms with Crippen LogP contribution >= 0.6 is 22.7 Å². The molecular weight excluding hydrogens is 298 g/mol. The first-order valence-electron chi connectivity index (χ1n) is 7.59. The van der Waals surface area contributed by atoms with Crippen LogP contribution in [0, 0.1) is 12.3 Å². The molecule has 2 aromatic heterocycles. The highest BCUT2D eigenvalue weighted by molar-refractivity contribution is 7.10. The summed E-state index contributed by atoms with van der Waals surface area (Å²) in [4.78, 5) is 11.3. The summed E-state index contributed by atoms with van der Waals surface area (Å²) in [6.07, 6.45) is 1.36. The Morgan fingerprint density at radius 1 is 1.19 bits per heavy atom. The molecule has 2 aromatic rings. The normalized spacial score (nSPS) is 22.0. The van der Waals surface area contributed by atoms with Crippen molar-refractivity contribution in [3.63, 3.8) is 0 Å². The van der Waals surface area contributed by atoms with Gasteiger partial charge in [0.15, 0.2) is 0 Å². The summed E-state index contributed by atoms with van der Waals surface area (Å²) in [6, 6.07) is 4.41. The van der Waals surface area contributed by atoms with E-state index in [1.165, 1.54) is 48.2 Å². The van der Waals surface area contributed by atoms with Gasteiger partial charge in [-0.3, -0.25) is 9.80 Å². The Morgan fingerprint density at radius 3 is 2.76 bits per heavy atom. The summed E-state index contributed by atoms with van der Waals surface area (Å²) in [5, 5.41) is 5.58. The third kappa shape index (κ3) is 2.93. The van der Waals surface area contributed by atoms with Crippen molar-refractivity contribution in [3.8, 4) is 0 Å². The van der Waals surface area contributed by atoms with Crippen molar-refractivity contribution in [1.29, 1.82) is 0 Å². The maximum absolute atomic E-state index is 4.60. The Bertz CT molecular complexity index is 599. The molecule has 0 saturated carbocycles. The summed E-state index contributed by atoms with van der Waals surface area (Å²) < 4.78 is 0. The minimum atomic E-state index is 0.572. The second-order valence-electron chi connectivity index (χ2n) is 6.54. The van der Waals surface area contributed by atoms with Gasteiger partial charge in [0.05, 0.1) is 10.7 Å². The van der Waals surface area contributed by atoms with E-state index in [1.807, 2.05) is 11.3 Å². The number of hydrogen-bond acceptors (Lipinski definition) is 5. The van der Waals surface area contributed by atoms with Crippen LogP contribution in [0.15, 0.2) is 22.9 Å². The van der Waals surface area contributed by atoms with Gasteiger partial charge in [-0.25, -0.2) is 4.98 Å². The molecule has 2 aliphatic heterocycles. The van der Waals surface area contributed by atoms with Crippen molar-refractivity contribution < 1.29 is 0 Å². The maximum atomic E-state index is 4.60. The highest BCUT2D eigenvalue weighted by Crippen LogP contribution is 2.40. The first kappa shape index (κ1) is 13.9. The molecule has 4 rings (SSSR count). The minimum absolute atomic E-state index is 0.572. The number of rotatable bonds is 4. The van der Waals surface area contributed by atoms with Gasteiger partial charge >= 0.3 is 0 Å². The molecule has 0 amide bonds. The fourth-order valence-electron chi connectivity index (χ4n) is 3.77. The number of aryl methyl sites for hydroxylation is 1. The van der Waals surface area contributed by atoms with Crippen LogP contribution in [-0.2, 0) is 13.1 Å². The predicted octanol–water partition coefficient (Wildman–Crippen LogP) is 3.22. The van der Waals surface area contributed by atoms with Gasteiger partial charge in [-0.2, -0.15) is 0 Å². The van der Waals surface area contributed by atoms with Gasteiger partial charge in [-0.15, -0.1) is 22.7 Å². The van der Waals surface area contributed by atoms with Crippen LogP contribution in [0.3, 0.4) is 0 Å². The van der Waals surface area contributed by atoms with Crippen molar-refractivity contribution >= 4 is 22.7 Å². The molecule has 1 spiro atoms. The van der Waals surface area contributed by atoms with Crippen LogP contribution in [0.4, 0.5) is 0 Å². The molecule has 2 fully saturated rings. The zero-order valence-electron chi connectivity index (χ0n) is 12.4. The first-order chi connectivity index (χ1) is 10.2. The van der Waals surface area contributed by atoms with Gasteiger partial charge < -0.3 is 0 Å². The number of aromatic nitrogens is 1. The van der Waals surface area contributed by atoms with Crippen LogP contribution in [0.5, 0.6) is 0 Å².